The number of nitrogens with one attached hydrogen (secondary N) is 1. The summed E-state index contributed by atoms with van der Waals surface area (Å²) in [6.45, 7) is 3.30. The summed E-state index contributed by atoms with van der Waals surface area (Å²) < 4.78 is 53.8. The Kier molecular flexibility index (Phi) is 4.54. The molecule has 9 heteroatoms. The second-order valence-electron chi connectivity index (χ2n) is 6.52. The monoisotopic (exact) mass is 392 g/mol. The maximum Gasteiger partial charge on any atom is 0.419 e. The molecular formula is C19H16F4N4O. The lowest BCUT2D eigenvalue weighted by atomic mass is 10.1. The van der Waals surface area contributed by atoms with Crippen molar-refractivity contribution in [3.8, 4) is 11.3 Å². The lowest BCUT2D eigenvalue weighted by molar-refractivity contribution is -0.139. The Labute approximate surface area is 157 Å². The molecule has 1 fully saturated rings. The zero-order valence-electron chi connectivity index (χ0n) is 14.6. The molecule has 0 saturated carbocycles. The normalized spacial score (nSPS) is 15.2. The van der Waals surface area contributed by atoms with Gasteiger partial charge in [0.25, 0.3) is 5.56 Å². The van der Waals surface area contributed by atoms with Crippen molar-refractivity contribution in [2.75, 3.05) is 31.1 Å². The molecule has 0 aliphatic carbocycles. The van der Waals surface area contributed by atoms with Crippen LogP contribution in [0.5, 0.6) is 0 Å². The van der Waals surface area contributed by atoms with Crippen LogP contribution in [0.15, 0.2) is 47.4 Å². The van der Waals surface area contributed by atoms with Crippen molar-refractivity contribution in [1.82, 2.24) is 14.7 Å². The minimum atomic E-state index is -4.83. The van der Waals surface area contributed by atoms with Gasteiger partial charge in [-0.25, -0.2) is 9.37 Å². The van der Waals surface area contributed by atoms with Gasteiger partial charge in [0, 0.05) is 44.0 Å². The molecule has 0 amide bonds. The number of hydrogen-bond acceptors (Lipinski definition) is 4. The van der Waals surface area contributed by atoms with Crippen LogP contribution in [0.2, 0.25) is 0 Å². The summed E-state index contributed by atoms with van der Waals surface area (Å²) in [5, 5.41) is 3.25. The van der Waals surface area contributed by atoms with Crippen molar-refractivity contribution in [2.24, 2.45) is 0 Å². The summed E-state index contributed by atoms with van der Waals surface area (Å²) in [7, 11) is 0. The number of piperazine rings is 1. The second kappa shape index (κ2) is 6.90. The number of nitrogens with zero attached hydrogens (tertiary/aromatic N) is 3. The average molecular weight is 392 g/mol. The number of aromatic nitrogens is 2. The number of fused-ring (bicyclic) bond motifs is 1. The van der Waals surface area contributed by atoms with E-state index in [2.05, 4.69) is 15.2 Å². The number of pyridine rings is 1. The molecule has 0 spiro atoms. The minimum Gasteiger partial charge on any atom is -0.368 e. The minimum absolute atomic E-state index is 0.0273. The summed E-state index contributed by atoms with van der Waals surface area (Å²) in [6.07, 6.45) is -3.16. The van der Waals surface area contributed by atoms with Gasteiger partial charge in [0.05, 0.1) is 16.9 Å². The number of rotatable bonds is 2. The maximum atomic E-state index is 13.5. The molecule has 3 heterocycles. The first-order chi connectivity index (χ1) is 13.3. The van der Waals surface area contributed by atoms with E-state index in [1.165, 1.54) is 10.5 Å². The lowest BCUT2D eigenvalue weighted by Crippen LogP contribution is -2.43. The van der Waals surface area contributed by atoms with E-state index >= 15 is 0 Å². The highest BCUT2D eigenvalue weighted by molar-refractivity contribution is 5.63. The number of halogens is 4. The Balaban J connectivity index is 1.77. The van der Waals surface area contributed by atoms with Gasteiger partial charge in [0.15, 0.2) is 0 Å². The molecule has 0 unspecified atom stereocenters. The van der Waals surface area contributed by atoms with E-state index in [0.29, 0.717) is 11.7 Å². The number of hydrogen-bond donors (Lipinski definition) is 1. The Hall–Kier alpha value is -2.94. The van der Waals surface area contributed by atoms with Gasteiger partial charge < -0.3 is 10.2 Å². The second-order valence-corrected chi connectivity index (χ2v) is 6.52. The first-order valence-electron chi connectivity index (χ1n) is 8.69. The lowest BCUT2D eigenvalue weighted by Gasteiger charge is -2.29. The van der Waals surface area contributed by atoms with Gasteiger partial charge >= 0.3 is 6.18 Å². The molecule has 0 atom stereocenters. The van der Waals surface area contributed by atoms with Gasteiger partial charge in [-0.1, -0.05) is 0 Å². The Morgan fingerprint density at radius 1 is 1.04 bits per heavy atom. The van der Waals surface area contributed by atoms with Crippen molar-refractivity contribution in [3.63, 3.8) is 0 Å². The van der Waals surface area contributed by atoms with Crippen LogP contribution in [-0.4, -0.2) is 35.6 Å². The molecule has 1 aliphatic heterocycles. The Morgan fingerprint density at radius 2 is 1.79 bits per heavy atom. The SMILES string of the molecule is O=c1cc(-c2ccc(F)c(C(F)(F)F)c2)nc2ccc(N3CCNCC3)cn12. The van der Waals surface area contributed by atoms with Crippen LogP contribution in [0.1, 0.15) is 5.56 Å². The topological polar surface area (TPSA) is 49.6 Å². The molecule has 2 aromatic heterocycles. The third-order valence-electron chi connectivity index (χ3n) is 4.69. The first-order valence-corrected chi connectivity index (χ1v) is 8.69. The molecule has 3 aromatic rings. The van der Waals surface area contributed by atoms with Crippen molar-refractivity contribution in [3.05, 3.63) is 64.3 Å². The fraction of sp³-hybridized carbons (Fsp3) is 0.263. The van der Waals surface area contributed by atoms with E-state index in [-0.39, 0.29) is 11.3 Å². The Bertz CT molecular complexity index is 1090. The van der Waals surface area contributed by atoms with Crippen molar-refractivity contribution < 1.29 is 17.6 Å². The van der Waals surface area contributed by atoms with Crippen LogP contribution >= 0.6 is 0 Å². The number of anilines is 1. The molecular weight excluding hydrogens is 376 g/mol. The van der Waals surface area contributed by atoms with Crippen LogP contribution in [0.25, 0.3) is 16.9 Å². The zero-order valence-corrected chi connectivity index (χ0v) is 14.6. The van der Waals surface area contributed by atoms with E-state index in [1.54, 1.807) is 12.3 Å². The highest BCUT2D eigenvalue weighted by Gasteiger charge is 2.34. The standard InChI is InChI=1S/C19H16F4N4O/c20-15-3-1-12(9-14(15)19(21,22)23)16-10-18(28)27-11-13(2-4-17(27)25-16)26-7-5-24-6-8-26/h1-4,9-11,24H,5-8H2. The van der Waals surface area contributed by atoms with Crippen LogP contribution in [0.3, 0.4) is 0 Å². The predicted octanol–water partition coefficient (Wildman–Crippen LogP) is 2.93. The van der Waals surface area contributed by atoms with Gasteiger partial charge in [0.2, 0.25) is 0 Å². The number of benzene rings is 1. The van der Waals surface area contributed by atoms with Gasteiger partial charge in [0.1, 0.15) is 11.5 Å². The van der Waals surface area contributed by atoms with E-state index < -0.39 is 23.1 Å². The smallest absolute Gasteiger partial charge is 0.368 e. The molecule has 28 heavy (non-hydrogen) atoms. The van der Waals surface area contributed by atoms with Gasteiger partial charge in [-0.05, 0) is 30.3 Å². The molecule has 1 aromatic carbocycles. The molecule has 0 radical (unpaired) electrons. The summed E-state index contributed by atoms with van der Waals surface area (Å²) >= 11 is 0. The molecule has 0 bridgehead atoms. The Morgan fingerprint density at radius 3 is 2.50 bits per heavy atom. The van der Waals surface area contributed by atoms with Gasteiger partial charge in [-0.2, -0.15) is 13.2 Å². The fourth-order valence-electron chi connectivity index (χ4n) is 3.25. The molecule has 1 aliphatic rings. The summed E-state index contributed by atoms with van der Waals surface area (Å²) in [5.74, 6) is -1.37. The average Bonchev–Trinajstić information content (AvgIpc) is 2.68. The third-order valence-corrected chi connectivity index (χ3v) is 4.69. The summed E-state index contributed by atoms with van der Waals surface area (Å²) in [4.78, 5) is 19.0. The maximum absolute atomic E-state index is 13.5. The van der Waals surface area contributed by atoms with Gasteiger partial charge in [-0.15, -0.1) is 0 Å². The predicted molar refractivity (Wildman–Crippen MR) is 96.9 cm³/mol. The van der Waals surface area contributed by atoms with E-state index in [0.717, 1.165) is 44.0 Å². The molecule has 5 nitrogen and oxygen atoms in total. The molecule has 1 saturated heterocycles. The quantitative estimate of drug-likeness (QED) is 0.682. The summed E-state index contributed by atoms with van der Waals surface area (Å²) in [5.41, 5.74) is -0.549. The first kappa shape index (κ1) is 18.4. The van der Waals surface area contributed by atoms with Crippen molar-refractivity contribution in [1.29, 1.82) is 0 Å². The van der Waals surface area contributed by atoms with Crippen LogP contribution in [-0.2, 0) is 6.18 Å². The summed E-state index contributed by atoms with van der Waals surface area (Å²) in [6, 6.07) is 7.21. The van der Waals surface area contributed by atoms with Crippen molar-refractivity contribution in [2.45, 2.75) is 6.18 Å². The largest absolute Gasteiger partial charge is 0.419 e. The highest BCUT2D eigenvalue weighted by Crippen LogP contribution is 2.33. The number of alkyl halides is 3. The zero-order chi connectivity index (χ0) is 19.9. The molecule has 1 N–H and O–H groups in total. The van der Waals surface area contributed by atoms with E-state index in [9.17, 15) is 22.4 Å². The fourth-order valence-corrected chi connectivity index (χ4v) is 3.25. The van der Waals surface area contributed by atoms with Crippen molar-refractivity contribution >= 4 is 11.3 Å². The van der Waals surface area contributed by atoms with Crippen LogP contribution in [0.4, 0.5) is 23.2 Å². The third kappa shape index (κ3) is 3.45. The van der Waals surface area contributed by atoms with Crippen LogP contribution in [0, 0.1) is 5.82 Å². The van der Waals surface area contributed by atoms with E-state index in [4.69, 9.17) is 0 Å². The van der Waals surface area contributed by atoms with E-state index in [1.807, 2.05) is 6.07 Å². The van der Waals surface area contributed by atoms with Gasteiger partial charge in [-0.3, -0.25) is 9.20 Å². The highest BCUT2D eigenvalue weighted by atomic mass is 19.4. The van der Waals surface area contributed by atoms with Crippen LogP contribution < -0.4 is 15.8 Å². The molecule has 146 valence electrons. The molecule has 4 rings (SSSR count).